The summed E-state index contributed by atoms with van der Waals surface area (Å²) in [5.41, 5.74) is 3.45. The summed E-state index contributed by atoms with van der Waals surface area (Å²) in [5.74, 6) is 1.14. The van der Waals surface area contributed by atoms with Crippen LogP contribution in [0, 0.1) is 13.8 Å². The molecule has 0 atom stereocenters. The number of anilines is 3. The number of hydrogen-bond donors (Lipinski definition) is 2. The lowest BCUT2D eigenvalue weighted by atomic mass is 10.2. The predicted molar refractivity (Wildman–Crippen MR) is 123 cm³/mol. The number of benzene rings is 3. The first kappa shape index (κ1) is 20.6. The molecule has 0 fully saturated rings. The molecular weight excluding hydrogens is 412 g/mol. The fraction of sp³-hybridized carbons (Fsp3) is 0.130. The first-order chi connectivity index (χ1) is 14.9. The van der Waals surface area contributed by atoms with Crippen LogP contribution in [0.15, 0.2) is 71.6 Å². The van der Waals surface area contributed by atoms with Gasteiger partial charge in [0.15, 0.2) is 11.6 Å². The van der Waals surface area contributed by atoms with Crippen molar-refractivity contribution in [3.8, 4) is 5.75 Å². The molecule has 7 nitrogen and oxygen atoms in total. The van der Waals surface area contributed by atoms with E-state index in [9.17, 15) is 8.42 Å². The molecule has 0 aliphatic rings. The fourth-order valence-electron chi connectivity index (χ4n) is 3.15. The van der Waals surface area contributed by atoms with Crippen molar-refractivity contribution >= 4 is 38.4 Å². The third-order valence-corrected chi connectivity index (χ3v) is 6.27. The Morgan fingerprint density at radius 2 is 1.48 bits per heavy atom. The molecule has 1 aromatic heterocycles. The van der Waals surface area contributed by atoms with Gasteiger partial charge in [-0.2, -0.15) is 0 Å². The lowest BCUT2D eigenvalue weighted by molar-refractivity contribution is 0.415. The molecule has 158 valence electrons. The topological polar surface area (TPSA) is 93.2 Å². The van der Waals surface area contributed by atoms with E-state index in [0.717, 1.165) is 11.3 Å². The van der Waals surface area contributed by atoms with Gasteiger partial charge in [-0.25, -0.2) is 18.4 Å². The van der Waals surface area contributed by atoms with Crippen LogP contribution in [0.1, 0.15) is 11.1 Å². The summed E-state index contributed by atoms with van der Waals surface area (Å²) in [6, 6.07) is 19.8. The van der Waals surface area contributed by atoms with Gasteiger partial charge in [0.2, 0.25) is 0 Å². The maximum atomic E-state index is 13.2. The summed E-state index contributed by atoms with van der Waals surface area (Å²) in [5, 5.41) is 3.16. The number of ether oxygens (including phenoxy) is 1. The monoisotopic (exact) mass is 434 g/mol. The molecule has 8 heteroatoms. The van der Waals surface area contributed by atoms with E-state index in [0.29, 0.717) is 28.2 Å². The van der Waals surface area contributed by atoms with Crippen LogP contribution in [0.25, 0.3) is 11.0 Å². The second-order valence-electron chi connectivity index (χ2n) is 7.14. The molecule has 31 heavy (non-hydrogen) atoms. The third-order valence-electron chi connectivity index (χ3n) is 4.79. The first-order valence-electron chi connectivity index (χ1n) is 9.64. The lowest BCUT2D eigenvalue weighted by Gasteiger charge is -2.15. The van der Waals surface area contributed by atoms with E-state index in [1.54, 1.807) is 44.4 Å². The Bertz CT molecular complexity index is 1350. The van der Waals surface area contributed by atoms with Crippen LogP contribution in [0.5, 0.6) is 5.75 Å². The number of sulfonamides is 1. The Morgan fingerprint density at radius 1 is 0.839 bits per heavy atom. The SMILES string of the molecule is COc1ccc(Nc2nc3ccccc3nc2NS(=O)(=O)c2cc(C)ccc2C)cc1. The number of aryl methyl sites for hydroxylation is 2. The molecule has 0 saturated heterocycles. The van der Waals surface area contributed by atoms with Crippen LogP contribution in [0.2, 0.25) is 0 Å². The number of para-hydroxylation sites is 2. The minimum atomic E-state index is -3.87. The molecule has 2 N–H and O–H groups in total. The standard InChI is InChI=1S/C23H22N4O3S/c1-15-8-9-16(2)21(14-15)31(28,29)27-23-22(24-17-10-12-18(30-3)13-11-17)25-19-6-4-5-7-20(19)26-23/h4-14H,1-3H3,(H,24,25)(H,26,27). The molecule has 0 saturated carbocycles. The molecule has 0 radical (unpaired) electrons. The largest absolute Gasteiger partial charge is 0.497 e. The Kier molecular flexibility index (Phi) is 5.48. The van der Waals surface area contributed by atoms with E-state index in [1.807, 2.05) is 43.3 Å². The zero-order valence-electron chi connectivity index (χ0n) is 17.4. The van der Waals surface area contributed by atoms with E-state index in [4.69, 9.17) is 4.74 Å². The molecule has 0 aliphatic heterocycles. The van der Waals surface area contributed by atoms with Gasteiger partial charge in [-0.3, -0.25) is 4.72 Å². The van der Waals surface area contributed by atoms with Crippen molar-refractivity contribution in [2.75, 3.05) is 17.1 Å². The Hall–Kier alpha value is -3.65. The van der Waals surface area contributed by atoms with Crippen molar-refractivity contribution in [2.24, 2.45) is 0 Å². The summed E-state index contributed by atoms with van der Waals surface area (Å²) in [4.78, 5) is 9.33. The van der Waals surface area contributed by atoms with Crippen LogP contribution < -0.4 is 14.8 Å². The van der Waals surface area contributed by atoms with E-state index >= 15 is 0 Å². The number of hydrogen-bond acceptors (Lipinski definition) is 6. The Morgan fingerprint density at radius 3 is 2.13 bits per heavy atom. The third kappa shape index (κ3) is 4.44. The van der Waals surface area contributed by atoms with E-state index in [1.165, 1.54) is 0 Å². The van der Waals surface area contributed by atoms with Crippen molar-refractivity contribution in [3.05, 3.63) is 77.9 Å². The smallest absolute Gasteiger partial charge is 0.263 e. The summed E-state index contributed by atoms with van der Waals surface area (Å²) in [6.45, 7) is 3.61. The van der Waals surface area contributed by atoms with Crippen LogP contribution >= 0.6 is 0 Å². The van der Waals surface area contributed by atoms with Crippen LogP contribution in [0.4, 0.5) is 17.3 Å². The average molecular weight is 435 g/mol. The molecule has 1 heterocycles. The fourth-order valence-corrected chi connectivity index (χ4v) is 4.49. The highest BCUT2D eigenvalue weighted by Gasteiger charge is 2.21. The van der Waals surface area contributed by atoms with Gasteiger partial charge in [-0.05, 0) is 67.4 Å². The van der Waals surface area contributed by atoms with E-state index < -0.39 is 10.0 Å². The zero-order chi connectivity index (χ0) is 22.0. The van der Waals surface area contributed by atoms with Crippen LogP contribution in [-0.2, 0) is 10.0 Å². The van der Waals surface area contributed by atoms with Gasteiger partial charge < -0.3 is 10.1 Å². The number of nitrogens with one attached hydrogen (secondary N) is 2. The quantitative estimate of drug-likeness (QED) is 0.453. The van der Waals surface area contributed by atoms with Crippen molar-refractivity contribution in [2.45, 2.75) is 18.7 Å². The highest BCUT2D eigenvalue weighted by atomic mass is 32.2. The molecule has 0 spiro atoms. The van der Waals surface area contributed by atoms with Crippen molar-refractivity contribution in [1.82, 2.24) is 9.97 Å². The number of nitrogens with zero attached hydrogens (tertiary/aromatic N) is 2. The molecule has 0 aliphatic carbocycles. The number of rotatable bonds is 6. The molecule has 3 aromatic carbocycles. The predicted octanol–water partition coefficient (Wildman–Crippen LogP) is 4.80. The lowest BCUT2D eigenvalue weighted by Crippen LogP contribution is -2.17. The second-order valence-corrected chi connectivity index (χ2v) is 8.79. The number of aromatic nitrogens is 2. The van der Waals surface area contributed by atoms with Crippen LogP contribution in [-0.4, -0.2) is 25.5 Å². The van der Waals surface area contributed by atoms with Gasteiger partial charge in [0.1, 0.15) is 5.75 Å². The average Bonchev–Trinajstić information content (AvgIpc) is 2.76. The highest BCUT2D eigenvalue weighted by molar-refractivity contribution is 7.92. The maximum absolute atomic E-state index is 13.2. The molecule has 0 unspecified atom stereocenters. The van der Waals surface area contributed by atoms with Gasteiger partial charge in [0.25, 0.3) is 10.0 Å². The van der Waals surface area contributed by atoms with E-state index in [-0.39, 0.29) is 10.7 Å². The van der Waals surface area contributed by atoms with Gasteiger partial charge in [-0.1, -0.05) is 24.3 Å². The Labute approximate surface area is 181 Å². The van der Waals surface area contributed by atoms with Gasteiger partial charge in [0, 0.05) is 5.69 Å². The second kappa shape index (κ2) is 8.23. The van der Waals surface area contributed by atoms with Crippen molar-refractivity contribution < 1.29 is 13.2 Å². The molecular formula is C23H22N4O3S. The van der Waals surface area contributed by atoms with Gasteiger partial charge in [0.05, 0.1) is 23.0 Å². The van der Waals surface area contributed by atoms with Crippen LogP contribution in [0.3, 0.4) is 0 Å². The Balaban J connectivity index is 1.78. The number of methoxy groups -OCH3 is 1. The zero-order valence-corrected chi connectivity index (χ0v) is 18.2. The summed E-state index contributed by atoms with van der Waals surface area (Å²) < 4.78 is 34.2. The molecule has 0 bridgehead atoms. The molecule has 4 rings (SSSR count). The molecule has 4 aromatic rings. The normalized spacial score (nSPS) is 11.3. The number of fused-ring (bicyclic) bond motifs is 1. The minimum absolute atomic E-state index is 0.121. The maximum Gasteiger partial charge on any atom is 0.263 e. The summed E-state index contributed by atoms with van der Waals surface area (Å²) in [6.07, 6.45) is 0. The van der Waals surface area contributed by atoms with E-state index in [2.05, 4.69) is 20.0 Å². The van der Waals surface area contributed by atoms with Crippen molar-refractivity contribution in [3.63, 3.8) is 0 Å². The molecule has 0 amide bonds. The van der Waals surface area contributed by atoms with Gasteiger partial charge >= 0.3 is 0 Å². The first-order valence-corrected chi connectivity index (χ1v) is 11.1. The van der Waals surface area contributed by atoms with Crippen molar-refractivity contribution in [1.29, 1.82) is 0 Å². The summed E-state index contributed by atoms with van der Waals surface area (Å²) >= 11 is 0. The minimum Gasteiger partial charge on any atom is -0.497 e. The highest BCUT2D eigenvalue weighted by Crippen LogP contribution is 2.28. The van der Waals surface area contributed by atoms with Gasteiger partial charge in [-0.15, -0.1) is 0 Å². The summed E-state index contributed by atoms with van der Waals surface area (Å²) in [7, 11) is -2.28.